The van der Waals surface area contributed by atoms with E-state index in [2.05, 4.69) is 15.5 Å². The molecule has 7 heteroatoms. The Morgan fingerprint density at radius 2 is 2.07 bits per heavy atom. The lowest BCUT2D eigenvalue weighted by Crippen LogP contribution is -2.30. The number of carbonyl (C=O) groups is 2. The zero-order chi connectivity index (χ0) is 19.4. The Labute approximate surface area is 159 Å². The molecule has 1 aromatic carbocycles. The second-order valence-corrected chi connectivity index (χ2v) is 7.03. The number of hydrogen-bond acceptors (Lipinski definition) is 4. The summed E-state index contributed by atoms with van der Waals surface area (Å²) in [6, 6.07) is 9.06. The summed E-state index contributed by atoms with van der Waals surface area (Å²) in [7, 11) is 3.37. The summed E-state index contributed by atoms with van der Waals surface area (Å²) in [6.07, 6.45) is 2.99. The minimum atomic E-state index is -0.232. The summed E-state index contributed by atoms with van der Waals surface area (Å²) in [5, 5.41) is 10.1. The van der Waals surface area contributed by atoms with Gasteiger partial charge in [0.05, 0.1) is 6.04 Å². The normalized spacial score (nSPS) is 14.5. The van der Waals surface area contributed by atoms with E-state index in [-0.39, 0.29) is 24.5 Å². The van der Waals surface area contributed by atoms with Crippen LogP contribution in [0, 0.1) is 0 Å². The van der Waals surface area contributed by atoms with Crippen LogP contribution in [0.2, 0.25) is 0 Å². The van der Waals surface area contributed by atoms with Crippen molar-refractivity contribution in [3.8, 4) is 5.75 Å². The van der Waals surface area contributed by atoms with E-state index in [1.54, 1.807) is 14.1 Å². The molecule has 0 saturated heterocycles. The monoisotopic (exact) mass is 370 g/mol. The molecular formula is C20H26N4O3. The number of aromatic amines is 1. The fraction of sp³-hybridized carbons (Fsp3) is 0.450. The summed E-state index contributed by atoms with van der Waals surface area (Å²) in [5.74, 6) is 0.778. The number of amides is 2. The number of nitrogens with one attached hydrogen (secondary N) is 2. The SMILES string of the molecule is CC[C@H](NC(=O)c1cc(C2CC2)[nH]n1)c1ccccc1OCC(=O)N(C)C. The quantitative estimate of drug-likeness (QED) is 0.748. The van der Waals surface area contributed by atoms with E-state index in [9.17, 15) is 9.59 Å². The van der Waals surface area contributed by atoms with Crippen LogP contribution in [0.3, 0.4) is 0 Å². The minimum Gasteiger partial charge on any atom is -0.483 e. The maximum atomic E-state index is 12.6. The zero-order valence-electron chi connectivity index (χ0n) is 16.0. The molecule has 2 amide bonds. The van der Waals surface area contributed by atoms with E-state index >= 15 is 0 Å². The molecule has 1 fully saturated rings. The molecule has 1 aromatic heterocycles. The van der Waals surface area contributed by atoms with Gasteiger partial charge in [0.2, 0.25) is 0 Å². The van der Waals surface area contributed by atoms with Crippen LogP contribution in [0.5, 0.6) is 5.75 Å². The number of para-hydroxylation sites is 1. The van der Waals surface area contributed by atoms with Crippen LogP contribution >= 0.6 is 0 Å². The van der Waals surface area contributed by atoms with Crippen molar-refractivity contribution in [3.63, 3.8) is 0 Å². The Morgan fingerprint density at radius 3 is 2.74 bits per heavy atom. The van der Waals surface area contributed by atoms with Crippen molar-refractivity contribution in [2.45, 2.75) is 38.1 Å². The number of carbonyl (C=O) groups excluding carboxylic acids is 2. The van der Waals surface area contributed by atoms with Gasteiger partial charge in [-0.2, -0.15) is 5.10 Å². The molecule has 0 unspecified atom stereocenters. The van der Waals surface area contributed by atoms with E-state index in [1.165, 1.54) is 4.90 Å². The molecule has 27 heavy (non-hydrogen) atoms. The molecule has 0 radical (unpaired) electrons. The molecule has 1 saturated carbocycles. The molecule has 1 heterocycles. The minimum absolute atomic E-state index is 0.0431. The molecule has 3 rings (SSSR count). The molecule has 1 aliphatic rings. The number of rotatable bonds is 8. The van der Waals surface area contributed by atoms with Crippen LogP contribution in [0.4, 0.5) is 0 Å². The maximum Gasteiger partial charge on any atom is 0.272 e. The van der Waals surface area contributed by atoms with Crippen molar-refractivity contribution in [1.29, 1.82) is 0 Å². The first-order valence-electron chi connectivity index (χ1n) is 9.27. The molecule has 7 nitrogen and oxygen atoms in total. The van der Waals surface area contributed by atoms with Gasteiger partial charge < -0.3 is 15.0 Å². The Bertz CT molecular complexity index is 811. The van der Waals surface area contributed by atoms with Gasteiger partial charge in [-0.25, -0.2) is 0 Å². The van der Waals surface area contributed by atoms with Gasteiger partial charge in [0.15, 0.2) is 6.61 Å². The van der Waals surface area contributed by atoms with Crippen LogP contribution in [0.1, 0.15) is 59.9 Å². The van der Waals surface area contributed by atoms with E-state index in [1.807, 2.05) is 37.3 Å². The molecule has 2 aromatic rings. The number of H-pyrrole nitrogens is 1. The van der Waals surface area contributed by atoms with Gasteiger partial charge in [-0.3, -0.25) is 14.7 Å². The first-order chi connectivity index (χ1) is 13.0. The maximum absolute atomic E-state index is 12.6. The molecule has 144 valence electrons. The predicted octanol–water partition coefficient (Wildman–Crippen LogP) is 2.64. The third-order valence-electron chi connectivity index (χ3n) is 4.71. The summed E-state index contributed by atoms with van der Waals surface area (Å²) < 4.78 is 5.71. The van der Waals surface area contributed by atoms with Gasteiger partial charge in [0.1, 0.15) is 11.4 Å². The van der Waals surface area contributed by atoms with Gasteiger partial charge in [0, 0.05) is 31.3 Å². The highest BCUT2D eigenvalue weighted by atomic mass is 16.5. The largest absolute Gasteiger partial charge is 0.483 e. The van der Waals surface area contributed by atoms with E-state index in [0.29, 0.717) is 23.8 Å². The Balaban J connectivity index is 1.70. The van der Waals surface area contributed by atoms with Gasteiger partial charge in [0.25, 0.3) is 11.8 Å². The first kappa shape index (κ1) is 18.9. The zero-order valence-corrected chi connectivity index (χ0v) is 16.0. The fourth-order valence-corrected chi connectivity index (χ4v) is 2.86. The van der Waals surface area contributed by atoms with Crippen LogP contribution < -0.4 is 10.1 Å². The highest BCUT2D eigenvalue weighted by molar-refractivity contribution is 5.92. The predicted molar refractivity (Wildman–Crippen MR) is 102 cm³/mol. The Hall–Kier alpha value is -2.83. The molecule has 0 bridgehead atoms. The summed E-state index contributed by atoms with van der Waals surface area (Å²) in [4.78, 5) is 25.9. The third-order valence-corrected chi connectivity index (χ3v) is 4.71. The van der Waals surface area contributed by atoms with Crippen molar-refractivity contribution < 1.29 is 14.3 Å². The van der Waals surface area contributed by atoms with Gasteiger partial charge in [-0.05, 0) is 31.4 Å². The highest BCUT2D eigenvalue weighted by Crippen LogP contribution is 2.39. The van der Waals surface area contributed by atoms with Gasteiger partial charge >= 0.3 is 0 Å². The van der Waals surface area contributed by atoms with Crippen molar-refractivity contribution in [2.75, 3.05) is 20.7 Å². The average molecular weight is 370 g/mol. The van der Waals surface area contributed by atoms with Crippen molar-refractivity contribution >= 4 is 11.8 Å². The molecular weight excluding hydrogens is 344 g/mol. The number of likely N-dealkylation sites (N-methyl/N-ethyl adjacent to an activating group) is 1. The van der Waals surface area contributed by atoms with Crippen LogP contribution in [0.15, 0.2) is 30.3 Å². The molecule has 1 aliphatic carbocycles. The lowest BCUT2D eigenvalue weighted by Gasteiger charge is -2.20. The van der Waals surface area contributed by atoms with E-state index in [0.717, 1.165) is 24.1 Å². The van der Waals surface area contributed by atoms with Crippen LogP contribution in [-0.2, 0) is 4.79 Å². The number of aromatic nitrogens is 2. The summed E-state index contributed by atoms with van der Waals surface area (Å²) in [6.45, 7) is 1.95. The second-order valence-electron chi connectivity index (χ2n) is 7.03. The lowest BCUT2D eigenvalue weighted by atomic mass is 10.0. The fourth-order valence-electron chi connectivity index (χ4n) is 2.86. The van der Waals surface area contributed by atoms with Crippen LogP contribution in [-0.4, -0.2) is 47.6 Å². The summed E-state index contributed by atoms with van der Waals surface area (Å²) >= 11 is 0. The van der Waals surface area contributed by atoms with Gasteiger partial charge in [-0.15, -0.1) is 0 Å². The summed E-state index contributed by atoms with van der Waals surface area (Å²) in [5.41, 5.74) is 2.27. The average Bonchev–Trinajstić information content (AvgIpc) is 3.40. The van der Waals surface area contributed by atoms with Gasteiger partial charge in [-0.1, -0.05) is 25.1 Å². The van der Waals surface area contributed by atoms with E-state index < -0.39 is 0 Å². The topological polar surface area (TPSA) is 87.3 Å². The first-order valence-corrected chi connectivity index (χ1v) is 9.27. The molecule has 2 N–H and O–H groups in total. The molecule has 0 aliphatic heterocycles. The number of ether oxygens (including phenoxy) is 1. The van der Waals surface area contributed by atoms with Crippen LogP contribution in [0.25, 0.3) is 0 Å². The number of hydrogen-bond donors (Lipinski definition) is 2. The van der Waals surface area contributed by atoms with E-state index in [4.69, 9.17) is 4.74 Å². The highest BCUT2D eigenvalue weighted by Gasteiger charge is 2.27. The van der Waals surface area contributed by atoms with Crippen molar-refractivity contribution in [3.05, 3.63) is 47.3 Å². The molecule has 0 spiro atoms. The lowest BCUT2D eigenvalue weighted by molar-refractivity contribution is -0.130. The number of nitrogens with zero attached hydrogens (tertiary/aromatic N) is 2. The Kier molecular flexibility index (Phi) is 5.78. The smallest absolute Gasteiger partial charge is 0.272 e. The second kappa shape index (κ2) is 8.24. The van der Waals surface area contributed by atoms with Crippen molar-refractivity contribution in [1.82, 2.24) is 20.4 Å². The Morgan fingerprint density at radius 1 is 1.33 bits per heavy atom. The standard InChI is InChI=1S/C20H26N4O3/c1-4-15(21-20(26)17-11-16(22-23-17)13-9-10-13)14-7-5-6-8-18(14)27-12-19(25)24(2)3/h5-8,11,13,15H,4,9-10,12H2,1-3H3,(H,21,26)(H,22,23)/t15-/m0/s1. The number of benzene rings is 1. The van der Waals surface area contributed by atoms with Crippen molar-refractivity contribution in [2.24, 2.45) is 0 Å². The third kappa shape index (κ3) is 4.67. The molecule has 1 atom stereocenters.